The molecule has 0 aliphatic heterocycles. The molecule has 0 aliphatic rings. The highest BCUT2D eigenvalue weighted by Crippen LogP contribution is 2.32. The number of rotatable bonds is 4. The molecule has 0 atom stereocenters. The van der Waals surface area contributed by atoms with Crippen LogP contribution in [0.1, 0.15) is 5.56 Å². The van der Waals surface area contributed by atoms with Crippen molar-refractivity contribution in [1.82, 2.24) is 9.97 Å². The molecular formula is C17H14Cl2N4. The first kappa shape index (κ1) is 15.6. The molecule has 4 nitrogen and oxygen atoms in total. The van der Waals surface area contributed by atoms with Gasteiger partial charge >= 0.3 is 0 Å². The van der Waals surface area contributed by atoms with E-state index >= 15 is 0 Å². The molecule has 1 heterocycles. The van der Waals surface area contributed by atoms with Crippen LogP contribution in [0.2, 0.25) is 10.0 Å². The lowest BCUT2D eigenvalue weighted by Gasteiger charge is -2.11. The van der Waals surface area contributed by atoms with Gasteiger partial charge in [-0.25, -0.2) is 4.98 Å². The number of aromatic nitrogens is 2. The van der Waals surface area contributed by atoms with Crippen LogP contribution in [-0.4, -0.2) is 9.97 Å². The second kappa shape index (κ2) is 6.86. The third kappa shape index (κ3) is 3.92. The maximum atomic E-state index is 6.16. The highest BCUT2D eigenvalue weighted by Gasteiger charge is 2.07. The van der Waals surface area contributed by atoms with E-state index in [2.05, 4.69) is 20.6 Å². The van der Waals surface area contributed by atoms with Crippen molar-refractivity contribution < 1.29 is 0 Å². The van der Waals surface area contributed by atoms with Gasteiger partial charge in [0, 0.05) is 11.9 Å². The molecule has 0 bridgehead atoms. The molecule has 0 saturated heterocycles. The Morgan fingerprint density at radius 2 is 1.65 bits per heavy atom. The summed E-state index contributed by atoms with van der Waals surface area (Å²) in [5.74, 6) is 1.09. The van der Waals surface area contributed by atoms with Crippen molar-refractivity contribution in [2.75, 3.05) is 10.6 Å². The molecule has 0 radical (unpaired) electrons. The van der Waals surface area contributed by atoms with Gasteiger partial charge in [-0.2, -0.15) is 4.98 Å². The normalized spacial score (nSPS) is 10.4. The molecule has 2 N–H and O–H groups in total. The number of aryl methyl sites for hydroxylation is 1. The van der Waals surface area contributed by atoms with E-state index in [1.54, 1.807) is 30.5 Å². The Morgan fingerprint density at radius 3 is 2.39 bits per heavy atom. The van der Waals surface area contributed by atoms with Crippen LogP contribution in [0.4, 0.5) is 23.1 Å². The zero-order chi connectivity index (χ0) is 16.2. The zero-order valence-electron chi connectivity index (χ0n) is 12.3. The Labute approximate surface area is 144 Å². The number of hydrogen-bond acceptors (Lipinski definition) is 4. The molecule has 0 spiro atoms. The van der Waals surface area contributed by atoms with E-state index in [4.69, 9.17) is 23.2 Å². The first-order valence-corrected chi connectivity index (χ1v) is 7.75. The topological polar surface area (TPSA) is 49.8 Å². The largest absolute Gasteiger partial charge is 0.338 e. The van der Waals surface area contributed by atoms with Crippen molar-refractivity contribution in [2.45, 2.75) is 6.92 Å². The minimum Gasteiger partial charge on any atom is -0.338 e. The Hall–Kier alpha value is -2.30. The van der Waals surface area contributed by atoms with Gasteiger partial charge in [0.25, 0.3) is 0 Å². The maximum Gasteiger partial charge on any atom is 0.229 e. The first-order valence-electron chi connectivity index (χ1n) is 6.99. The van der Waals surface area contributed by atoms with Crippen LogP contribution in [0, 0.1) is 6.92 Å². The molecule has 1 aromatic heterocycles. The molecule has 3 rings (SSSR count). The number of hydrogen-bond donors (Lipinski definition) is 2. The van der Waals surface area contributed by atoms with Crippen molar-refractivity contribution in [3.05, 3.63) is 70.3 Å². The van der Waals surface area contributed by atoms with Gasteiger partial charge < -0.3 is 10.6 Å². The van der Waals surface area contributed by atoms with E-state index in [9.17, 15) is 0 Å². The molecule has 3 aromatic rings. The zero-order valence-corrected chi connectivity index (χ0v) is 13.9. The molecule has 0 aliphatic carbocycles. The summed E-state index contributed by atoms with van der Waals surface area (Å²) in [7, 11) is 0. The van der Waals surface area contributed by atoms with Crippen LogP contribution in [-0.2, 0) is 0 Å². The highest BCUT2D eigenvalue weighted by molar-refractivity contribution is 6.39. The lowest BCUT2D eigenvalue weighted by molar-refractivity contribution is 1.16. The Kier molecular flexibility index (Phi) is 4.65. The smallest absolute Gasteiger partial charge is 0.229 e. The molecule has 0 unspecified atom stereocenters. The van der Waals surface area contributed by atoms with Gasteiger partial charge in [0.05, 0.1) is 15.7 Å². The van der Waals surface area contributed by atoms with Gasteiger partial charge in [0.1, 0.15) is 5.82 Å². The lowest BCUT2D eigenvalue weighted by atomic mass is 10.2. The van der Waals surface area contributed by atoms with Crippen LogP contribution in [0.15, 0.2) is 54.7 Å². The third-order valence-corrected chi connectivity index (χ3v) is 3.78. The van der Waals surface area contributed by atoms with E-state index in [1.165, 1.54) is 0 Å². The van der Waals surface area contributed by atoms with Crippen molar-refractivity contribution in [3.8, 4) is 0 Å². The van der Waals surface area contributed by atoms with Gasteiger partial charge in [0.15, 0.2) is 0 Å². The molecule has 23 heavy (non-hydrogen) atoms. The van der Waals surface area contributed by atoms with Crippen LogP contribution in [0.5, 0.6) is 0 Å². The first-order chi connectivity index (χ1) is 11.1. The highest BCUT2D eigenvalue weighted by atomic mass is 35.5. The summed E-state index contributed by atoms with van der Waals surface area (Å²) in [4.78, 5) is 8.65. The summed E-state index contributed by atoms with van der Waals surface area (Å²) in [6, 6.07) is 15.1. The minimum atomic E-state index is 0.490. The van der Waals surface area contributed by atoms with Gasteiger partial charge in [0.2, 0.25) is 5.95 Å². The number of nitrogens with one attached hydrogen (secondary N) is 2. The maximum absolute atomic E-state index is 6.16. The van der Waals surface area contributed by atoms with E-state index in [0.717, 1.165) is 11.3 Å². The van der Waals surface area contributed by atoms with Crippen LogP contribution >= 0.6 is 23.2 Å². The number of para-hydroxylation sites is 1. The second-order valence-electron chi connectivity index (χ2n) is 4.98. The average Bonchev–Trinajstić information content (AvgIpc) is 2.52. The van der Waals surface area contributed by atoms with E-state index in [-0.39, 0.29) is 0 Å². The number of nitrogens with zero attached hydrogens (tertiary/aromatic N) is 2. The predicted molar refractivity (Wildman–Crippen MR) is 96.2 cm³/mol. The number of benzene rings is 2. The Morgan fingerprint density at radius 1 is 0.913 bits per heavy atom. The molecule has 2 aromatic carbocycles. The summed E-state index contributed by atoms with van der Waals surface area (Å²) in [5, 5.41) is 7.36. The van der Waals surface area contributed by atoms with Crippen molar-refractivity contribution in [3.63, 3.8) is 0 Å². The third-order valence-electron chi connectivity index (χ3n) is 3.15. The standard InChI is InChI=1S/C17H14Cl2N4/c1-11-4-2-5-12(10-11)21-17-20-9-8-15(23-17)22-16-13(18)6-3-7-14(16)19/h2-10H,1H3,(H2,20,21,22,23). The summed E-state index contributed by atoms with van der Waals surface area (Å²) >= 11 is 12.3. The fourth-order valence-electron chi connectivity index (χ4n) is 2.09. The van der Waals surface area contributed by atoms with Gasteiger partial charge in [-0.1, -0.05) is 41.4 Å². The van der Waals surface area contributed by atoms with Crippen molar-refractivity contribution in [2.24, 2.45) is 0 Å². The van der Waals surface area contributed by atoms with Crippen molar-refractivity contribution >= 4 is 46.3 Å². The molecular weight excluding hydrogens is 331 g/mol. The van der Waals surface area contributed by atoms with E-state index in [1.807, 2.05) is 31.2 Å². The summed E-state index contributed by atoms with van der Waals surface area (Å²) in [6.45, 7) is 2.03. The predicted octanol–water partition coefficient (Wildman–Crippen LogP) is 5.58. The summed E-state index contributed by atoms with van der Waals surface area (Å²) in [6.07, 6.45) is 1.66. The van der Waals surface area contributed by atoms with Crippen molar-refractivity contribution in [1.29, 1.82) is 0 Å². The fourth-order valence-corrected chi connectivity index (χ4v) is 2.58. The van der Waals surface area contributed by atoms with Gasteiger partial charge in [-0.05, 0) is 42.8 Å². The van der Waals surface area contributed by atoms with Crippen LogP contribution in [0.25, 0.3) is 0 Å². The van der Waals surface area contributed by atoms with E-state index < -0.39 is 0 Å². The van der Waals surface area contributed by atoms with Gasteiger partial charge in [-0.15, -0.1) is 0 Å². The summed E-state index contributed by atoms with van der Waals surface area (Å²) < 4.78 is 0. The summed E-state index contributed by atoms with van der Waals surface area (Å²) in [5.41, 5.74) is 2.71. The van der Waals surface area contributed by atoms with Gasteiger partial charge in [-0.3, -0.25) is 0 Å². The molecule has 0 amide bonds. The monoisotopic (exact) mass is 344 g/mol. The lowest BCUT2D eigenvalue weighted by Crippen LogP contribution is -2.01. The quantitative estimate of drug-likeness (QED) is 0.648. The molecule has 0 saturated carbocycles. The molecule has 6 heteroatoms. The Bertz CT molecular complexity index is 816. The minimum absolute atomic E-state index is 0.490. The second-order valence-corrected chi connectivity index (χ2v) is 5.80. The Balaban J connectivity index is 1.83. The number of anilines is 4. The fraction of sp³-hybridized carbons (Fsp3) is 0.0588. The number of halogens is 2. The SMILES string of the molecule is Cc1cccc(Nc2nccc(Nc3c(Cl)cccc3Cl)n2)c1. The van der Waals surface area contributed by atoms with E-state index in [0.29, 0.717) is 27.5 Å². The molecule has 116 valence electrons. The van der Waals surface area contributed by atoms with Crippen LogP contribution in [0.3, 0.4) is 0 Å². The van der Waals surface area contributed by atoms with Crippen LogP contribution < -0.4 is 10.6 Å². The molecule has 0 fully saturated rings. The average molecular weight is 345 g/mol.